The summed E-state index contributed by atoms with van der Waals surface area (Å²) in [6.45, 7) is 14.1. The van der Waals surface area contributed by atoms with Crippen molar-refractivity contribution in [3.8, 4) is 11.3 Å². The van der Waals surface area contributed by atoms with Crippen LogP contribution in [0.5, 0.6) is 0 Å². The molecular weight excluding hydrogens is 543 g/mol. The Balaban J connectivity index is 1.25. The first-order chi connectivity index (χ1) is 19.6. The number of thiazole rings is 1. The number of hydrogen-bond donors (Lipinski definition) is 1. The second-order valence-corrected chi connectivity index (χ2v) is 11.7. The number of halogens is 1. The minimum Gasteiger partial charge on any atom is -0.444 e. The van der Waals surface area contributed by atoms with Gasteiger partial charge in [0.2, 0.25) is 5.95 Å². The second kappa shape index (κ2) is 11.8. The van der Waals surface area contributed by atoms with E-state index in [2.05, 4.69) is 43.9 Å². The number of hydrogen-bond acceptors (Lipinski definition) is 10. The third kappa shape index (κ3) is 6.64. The summed E-state index contributed by atoms with van der Waals surface area (Å²) >= 11 is 1.59. The Morgan fingerprint density at radius 1 is 1.05 bits per heavy atom. The molecule has 4 aromatic rings. The van der Waals surface area contributed by atoms with E-state index in [4.69, 9.17) is 9.72 Å². The molecule has 1 N–H and O–H groups in total. The zero-order chi connectivity index (χ0) is 29.1. The number of aromatic nitrogens is 4. The SMILES string of the molecule is CCN(CC)c1nc2ccc(-c3nc(Nc4ccc(N5CCN(C(=O)OC(C)(C)C)CC5)cn4)ncc3F)cc2s1. The summed E-state index contributed by atoms with van der Waals surface area (Å²) in [6, 6.07) is 9.44. The lowest BCUT2D eigenvalue weighted by Gasteiger charge is -2.36. The largest absolute Gasteiger partial charge is 0.444 e. The molecule has 10 nitrogen and oxygen atoms in total. The van der Waals surface area contributed by atoms with Gasteiger partial charge in [-0.15, -0.1) is 0 Å². The Kier molecular flexibility index (Phi) is 8.20. The number of carbonyl (C=O) groups is 1. The fourth-order valence-electron chi connectivity index (χ4n) is 4.55. The molecule has 5 rings (SSSR count). The molecule has 1 fully saturated rings. The van der Waals surface area contributed by atoms with E-state index in [9.17, 15) is 9.18 Å². The predicted octanol–water partition coefficient (Wildman–Crippen LogP) is 5.93. The summed E-state index contributed by atoms with van der Waals surface area (Å²) < 4.78 is 21.3. The minimum atomic E-state index is -0.514. The number of pyridine rings is 1. The summed E-state index contributed by atoms with van der Waals surface area (Å²) in [7, 11) is 0. The van der Waals surface area contributed by atoms with Crippen molar-refractivity contribution in [3.05, 3.63) is 48.5 Å². The quantitative estimate of drug-likeness (QED) is 0.286. The average Bonchev–Trinajstić information content (AvgIpc) is 3.37. The maximum Gasteiger partial charge on any atom is 0.410 e. The molecule has 1 saturated heterocycles. The summed E-state index contributed by atoms with van der Waals surface area (Å²) in [4.78, 5) is 36.2. The van der Waals surface area contributed by atoms with Gasteiger partial charge in [-0.05, 0) is 58.9 Å². The second-order valence-electron chi connectivity index (χ2n) is 10.7. The molecule has 0 spiro atoms. The summed E-state index contributed by atoms with van der Waals surface area (Å²) in [5.41, 5.74) is 2.18. The Hall–Kier alpha value is -4.06. The van der Waals surface area contributed by atoms with Crippen LogP contribution in [-0.2, 0) is 4.74 Å². The monoisotopic (exact) mass is 578 g/mol. The van der Waals surface area contributed by atoms with Crippen molar-refractivity contribution in [2.24, 2.45) is 0 Å². The van der Waals surface area contributed by atoms with Gasteiger partial charge in [-0.1, -0.05) is 17.4 Å². The first kappa shape index (κ1) is 28.5. The number of ether oxygens (including phenoxy) is 1. The van der Waals surface area contributed by atoms with Crippen LogP contribution in [0.3, 0.4) is 0 Å². The molecule has 3 aromatic heterocycles. The van der Waals surface area contributed by atoms with E-state index in [1.165, 1.54) is 6.20 Å². The molecule has 0 bridgehead atoms. The predicted molar refractivity (Wildman–Crippen MR) is 162 cm³/mol. The summed E-state index contributed by atoms with van der Waals surface area (Å²) in [6.07, 6.45) is 2.65. The zero-order valence-corrected chi connectivity index (χ0v) is 24.8. The average molecular weight is 579 g/mol. The molecule has 12 heteroatoms. The first-order valence-corrected chi connectivity index (χ1v) is 14.6. The van der Waals surface area contributed by atoms with Crippen LogP contribution < -0.4 is 15.1 Å². The Morgan fingerprint density at radius 3 is 2.46 bits per heavy atom. The first-order valence-electron chi connectivity index (χ1n) is 13.8. The molecule has 1 amide bonds. The molecule has 4 heterocycles. The van der Waals surface area contributed by atoms with Gasteiger partial charge in [0.25, 0.3) is 0 Å². The molecule has 216 valence electrons. The molecule has 1 aliphatic rings. The van der Waals surface area contributed by atoms with E-state index >= 15 is 0 Å². The van der Waals surface area contributed by atoms with Crippen LogP contribution in [0.1, 0.15) is 34.6 Å². The Morgan fingerprint density at radius 2 is 1.80 bits per heavy atom. The van der Waals surface area contributed by atoms with Gasteiger partial charge in [-0.3, -0.25) is 0 Å². The number of nitrogens with one attached hydrogen (secondary N) is 1. The fraction of sp³-hybridized carbons (Fsp3) is 0.414. The highest BCUT2D eigenvalue weighted by Crippen LogP contribution is 2.33. The van der Waals surface area contributed by atoms with Crippen molar-refractivity contribution < 1.29 is 13.9 Å². The summed E-state index contributed by atoms with van der Waals surface area (Å²) in [5.74, 6) is 0.290. The van der Waals surface area contributed by atoms with E-state index in [-0.39, 0.29) is 17.7 Å². The maximum atomic E-state index is 14.8. The van der Waals surface area contributed by atoms with Crippen LogP contribution in [0.4, 0.5) is 31.8 Å². The van der Waals surface area contributed by atoms with Crippen LogP contribution in [0.15, 0.2) is 42.7 Å². The molecule has 0 saturated carbocycles. The lowest BCUT2D eigenvalue weighted by Crippen LogP contribution is -2.50. The van der Waals surface area contributed by atoms with Gasteiger partial charge in [-0.25, -0.2) is 29.1 Å². The molecule has 0 aliphatic carbocycles. The molecule has 1 aliphatic heterocycles. The van der Waals surface area contributed by atoms with E-state index < -0.39 is 11.4 Å². The van der Waals surface area contributed by atoms with E-state index in [0.29, 0.717) is 37.6 Å². The third-order valence-electron chi connectivity index (χ3n) is 6.71. The Labute approximate surface area is 243 Å². The van der Waals surface area contributed by atoms with Gasteiger partial charge in [0.1, 0.15) is 17.1 Å². The van der Waals surface area contributed by atoms with Gasteiger partial charge >= 0.3 is 6.09 Å². The number of rotatable bonds is 7. The highest BCUT2D eigenvalue weighted by atomic mass is 32.1. The number of piperazine rings is 1. The number of anilines is 4. The van der Waals surface area contributed by atoms with Crippen LogP contribution >= 0.6 is 11.3 Å². The van der Waals surface area contributed by atoms with Gasteiger partial charge < -0.3 is 24.8 Å². The van der Waals surface area contributed by atoms with Crippen LogP contribution in [-0.4, -0.2) is 75.8 Å². The minimum absolute atomic E-state index is 0.210. The van der Waals surface area contributed by atoms with Gasteiger partial charge in [0.15, 0.2) is 10.9 Å². The zero-order valence-electron chi connectivity index (χ0n) is 24.0. The number of carbonyl (C=O) groups excluding carboxylic acids is 1. The number of fused-ring (bicyclic) bond motifs is 1. The van der Waals surface area contributed by atoms with Gasteiger partial charge in [0.05, 0.1) is 28.3 Å². The van der Waals surface area contributed by atoms with Crippen molar-refractivity contribution in [3.63, 3.8) is 0 Å². The maximum absolute atomic E-state index is 14.8. The standard InChI is InChI=1S/C29H35FN8O2S/c1-6-36(7-2)27-33-22-10-8-19(16-23(22)41-27)25-21(30)18-32-26(35-25)34-24-11-9-20(17-31-24)37-12-14-38(15-13-37)28(39)40-29(3,4)5/h8-11,16-18H,6-7,12-15H2,1-5H3,(H,31,32,34,35). The normalized spacial score (nSPS) is 13.9. The Bertz CT molecular complexity index is 1510. The smallest absolute Gasteiger partial charge is 0.410 e. The van der Waals surface area contributed by atoms with E-state index in [1.54, 1.807) is 22.4 Å². The molecular formula is C29H35FN8O2S. The fourth-order valence-corrected chi connectivity index (χ4v) is 5.69. The highest BCUT2D eigenvalue weighted by molar-refractivity contribution is 7.22. The molecule has 0 radical (unpaired) electrons. The van der Waals surface area contributed by atoms with Crippen molar-refractivity contribution in [1.29, 1.82) is 0 Å². The van der Waals surface area contributed by atoms with Crippen LogP contribution in [0, 0.1) is 5.82 Å². The van der Waals surface area contributed by atoms with Crippen LogP contribution in [0.25, 0.3) is 21.5 Å². The molecule has 0 atom stereocenters. The van der Waals surface area contributed by atoms with Crippen LogP contribution in [0.2, 0.25) is 0 Å². The van der Waals surface area contributed by atoms with Gasteiger partial charge in [-0.2, -0.15) is 0 Å². The number of amides is 1. The lowest BCUT2D eigenvalue weighted by molar-refractivity contribution is 0.0240. The topological polar surface area (TPSA) is 99.6 Å². The van der Waals surface area contributed by atoms with Crippen molar-refractivity contribution in [2.45, 2.75) is 40.2 Å². The van der Waals surface area contributed by atoms with Gasteiger partial charge in [0, 0.05) is 44.8 Å². The number of nitrogens with zero attached hydrogens (tertiary/aromatic N) is 7. The van der Waals surface area contributed by atoms with Crippen molar-refractivity contribution in [1.82, 2.24) is 24.8 Å². The van der Waals surface area contributed by atoms with Crippen molar-refractivity contribution >= 4 is 50.2 Å². The lowest BCUT2D eigenvalue weighted by atomic mass is 10.1. The van der Waals surface area contributed by atoms with E-state index in [1.807, 2.05) is 51.1 Å². The highest BCUT2D eigenvalue weighted by Gasteiger charge is 2.26. The molecule has 1 aromatic carbocycles. The van der Waals surface area contributed by atoms with E-state index in [0.717, 1.165) is 34.1 Å². The van der Waals surface area contributed by atoms with Crippen molar-refractivity contribution in [2.75, 3.05) is 54.4 Å². The number of benzene rings is 1. The summed E-state index contributed by atoms with van der Waals surface area (Å²) in [5, 5.41) is 4.03. The molecule has 0 unspecified atom stereocenters. The third-order valence-corrected chi connectivity index (χ3v) is 7.79. The molecule has 41 heavy (non-hydrogen) atoms.